The maximum Gasteiger partial charge on any atom is 0.287 e. The number of phenols is 1. The standard InChI is InChI=1S/C19H18N4O3/c1-12(13-7-9-14(24)10-8-13)20-23-19(25)17-11-16(21-22-17)15-5-3-4-6-18(15)26-2/h3-11,20,24H,1H2,2H3,(H,21,22)(H,23,25). The number of para-hydroxylation sites is 1. The number of methoxy groups -OCH3 is 1. The molecule has 3 rings (SSSR count). The van der Waals surface area contributed by atoms with Crippen molar-refractivity contribution in [3.63, 3.8) is 0 Å². The molecule has 0 aliphatic carbocycles. The van der Waals surface area contributed by atoms with Gasteiger partial charge in [0.05, 0.1) is 18.5 Å². The summed E-state index contributed by atoms with van der Waals surface area (Å²) in [6.45, 7) is 3.85. The molecule has 1 aromatic heterocycles. The van der Waals surface area contributed by atoms with Crippen LogP contribution in [-0.2, 0) is 0 Å². The van der Waals surface area contributed by atoms with Crippen molar-refractivity contribution in [3.8, 4) is 22.8 Å². The van der Waals surface area contributed by atoms with Crippen molar-refractivity contribution in [2.45, 2.75) is 0 Å². The fourth-order valence-electron chi connectivity index (χ4n) is 2.37. The van der Waals surface area contributed by atoms with Crippen LogP contribution in [-0.4, -0.2) is 28.3 Å². The van der Waals surface area contributed by atoms with Crippen molar-refractivity contribution in [3.05, 3.63) is 72.4 Å². The Labute approximate surface area is 150 Å². The number of hydrogen-bond donors (Lipinski definition) is 4. The molecule has 0 saturated carbocycles. The van der Waals surface area contributed by atoms with E-state index in [1.807, 2.05) is 24.3 Å². The summed E-state index contributed by atoms with van der Waals surface area (Å²) in [6, 6.07) is 15.5. The van der Waals surface area contributed by atoms with Crippen LogP contribution in [0.2, 0.25) is 0 Å². The molecule has 1 heterocycles. The summed E-state index contributed by atoms with van der Waals surface area (Å²) in [5.74, 6) is 0.440. The maximum atomic E-state index is 12.3. The third-order valence-electron chi connectivity index (χ3n) is 3.75. The van der Waals surface area contributed by atoms with Crippen LogP contribution >= 0.6 is 0 Å². The molecule has 132 valence electrons. The lowest BCUT2D eigenvalue weighted by Gasteiger charge is -2.10. The van der Waals surface area contributed by atoms with Crippen molar-refractivity contribution in [2.24, 2.45) is 0 Å². The highest BCUT2D eigenvalue weighted by Gasteiger charge is 2.13. The largest absolute Gasteiger partial charge is 0.508 e. The molecule has 1 amide bonds. The van der Waals surface area contributed by atoms with Crippen molar-refractivity contribution >= 4 is 11.6 Å². The van der Waals surface area contributed by atoms with Crippen LogP contribution in [0.3, 0.4) is 0 Å². The SMILES string of the molecule is C=C(NNC(=O)c1cc(-c2ccccc2OC)n[nH]1)c1ccc(O)cc1. The van der Waals surface area contributed by atoms with Gasteiger partial charge in [-0.15, -0.1) is 0 Å². The summed E-state index contributed by atoms with van der Waals surface area (Å²) in [4.78, 5) is 12.3. The molecule has 3 aromatic rings. The molecule has 0 saturated heterocycles. The maximum absolute atomic E-state index is 12.3. The van der Waals surface area contributed by atoms with Gasteiger partial charge >= 0.3 is 0 Å². The molecule has 7 heteroatoms. The minimum atomic E-state index is -0.390. The van der Waals surface area contributed by atoms with Crippen LogP contribution in [0.25, 0.3) is 17.0 Å². The molecule has 0 bridgehead atoms. The van der Waals surface area contributed by atoms with Gasteiger partial charge in [0.15, 0.2) is 0 Å². The Bertz CT molecular complexity index is 932. The summed E-state index contributed by atoms with van der Waals surface area (Å²) in [7, 11) is 1.58. The predicted octanol–water partition coefficient (Wildman–Crippen LogP) is 2.70. The van der Waals surface area contributed by atoms with Crippen LogP contribution in [0.5, 0.6) is 11.5 Å². The molecule has 2 aromatic carbocycles. The summed E-state index contributed by atoms with van der Waals surface area (Å²) >= 11 is 0. The van der Waals surface area contributed by atoms with Crippen molar-refractivity contribution < 1.29 is 14.6 Å². The van der Waals surface area contributed by atoms with Gasteiger partial charge in [-0.25, -0.2) is 0 Å². The van der Waals surface area contributed by atoms with Gasteiger partial charge in [-0.2, -0.15) is 5.10 Å². The Kier molecular flexibility index (Phi) is 4.89. The lowest BCUT2D eigenvalue weighted by Crippen LogP contribution is -2.36. The Balaban J connectivity index is 1.67. The summed E-state index contributed by atoms with van der Waals surface area (Å²) in [5, 5.41) is 16.2. The Morgan fingerprint density at radius 3 is 2.62 bits per heavy atom. The van der Waals surface area contributed by atoms with E-state index in [2.05, 4.69) is 27.6 Å². The minimum Gasteiger partial charge on any atom is -0.508 e. The number of aromatic nitrogens is 2. The van der Waals surface area contributed by atoms with Crippen LogP contribution in [0, 0.1) is 0 Å². The van der Waals surface area contributed by atoms with E-state index >= 15 is 0 Å². The number of aromatic amines is 1. The van der Waals surface area contributed by atoms with E-state index in [9.17, 15) is 9.90 Å². The molecule has 7 nitrogen and oxygen atoms in total. The van der Waals surface area contributed by atoms with E-state index in [1.54, 1.807) is 37.4 Å². The van der Waals surface area contributed by atoms with Gasteiger partial charge in [0.25, 0.3) is 5.91 Å². The number of carbonyl (C=O) groups excluding carboxylic acids is 1. The van der Waals surface area contributed by atoms with Gasteiger partial charge in [-0.1, -0.05) is 18.7 Å². The van der Waals surface area contributed by atoms with E-state index < -0.39 is 5.91 Å². The Hall–Kier alpha value is -3.74. The summed E-state index contributed by atoms with van der Waals surface area (Å²) < 4.78 is 5.31. The van der Waals surface area contributed by atoms with Crippen LogP contribution in [0.1, 0.15) is 16.1 Å². The zero-order valence-corrected chi connectivity index (χ0v) is 14.1. The van der Waals surface area contributed by atoms with E-state index in [0.29, 0.717) is 17.1 Å². The summed E-state index contributed by atoms with van der Waals surface area (Å²) in [6.07, 6.45) is 0. The van der Waals surface area contributed by atoms with Gasteiger partial charge in [0.2, 0.25) is 0 Å². The van der Waals surface area contributed by atoms with E-state index in [0.717, 1.165) is 11.1 Å². The van der Waals surface area contributed by atoms with E-state index in [1.165, 1.54) is 0 Å². The molecule has 0 atom stereocenters. The number of ether oxygens (including phenoxy) is 1. The number of nitrogens with one attached hydrogen (secondary N) is 3. The zero-order chi connectivity index (χ0) is 18.5. The number of amides is 1. The molecule has 0 fully saturated rings. The Morgan fingerprint density at radius 2 is 1.88 bits per heavy atom. The normalized spacial score (nSPS) is 10.2. The molecule has 0 aliphatic rings. The highest BCUT2D eigenvalue weighted by Crippen LogP contribution is 2.28. The number of rotatable bonds is 6. The van der Waals surface area contributed by atoms with Gasteiger partial charge < -0.3 is 9.84 Å². The van der Waals surface area contributed by atoms with Crippen molar-refractivity contribution in [1.82, 2.24) is 21.0 Å². The van der Waals surface area contributed by atoms with Crippen molar-refractivity contribution in [2.75, 3.05) is 7.11 Å². The first-order valence-electron chi connectivity index (χ1n) is 7.82. The van der Waals surface area contributed by atoms with Gasteiger partial charge in [-0.3, -0.25) is 20.7 Å². The second-order valence-corrected chi connectivity index (χ2v) is 5.47. The average Bonchev–Trinajstić information content (AvgIpc) is 3.16. The van der Waals surface area contributed by atoms with Crippen molar-refractivity contribution in [1.29, 1.82) is 0 Å². The van der Waals surface area contributed by atoms with Gasteiger partial charge in [-0.05, 0) is 48.0 Å². The van der Waals surface area contributed by atoms with Crippen LogP contribution < -0.4 is 15.6 Å². The number of benzene rings is 2. The van der Waals surface area contributed by atoms with Crippen LogP contribution in [0.15, 0.2) is 61.2 Å². The minimum absolute atomic E-state index is 0.159. The fraction of sp³-hybridized carbons (Fsp3) is 0.0526. The number of hydrogen-bond acceptors (Lipinski definition) is 5. The first-order chi connectivity index (χ1) is 12.6. The third kappa shape index (κ3) is 3.67. The second kappa shape index (κ2) is 7.43. The first kappa shape index (κ1) is 17.1. The molecule has 4 N–H and O–H groups in total. The molecular formula is C19H18N4O3. The third-order valence-corrected chi connectivity index (χ3v) is 3.75. The first-order valence-corrected chi connectivity index (χ1v) is 7.82. The number of carbonyl (C=O) groups is 1. The van der Waals surface area contributed by atoms with Crippen LogP contribution in [0.4, 0.5) is 0 Å². The molecular weight excluding hydrogens is 332 g/mol. The molecule has 0 unspecified atom stereocenters. The van der Waals surface area contributed by atoms with Gasteiger partial charge in [0.1, 0.15) is 17.2 Å². The highest BCUT2D eigenvalue weighted by molar-refractivity contribution is 5.93. The molecule has 26 heavy (non-hydrogen) atoms. The zero-order valence-electron chi connectivity index (χ0n) is 14.1. The number of H-pyrrole nitrogens is 1. The smallest absolute Gasteiger partial charge is 0.287 e. The topological polar surface area (TPSA) is 99.3 Å². The number of aromatic hydroxyl groups is 1. The predicted molar refractivity (Wildman–Crippen MR) is 98.3 cm³/mol. The lowest BCUT2D eigenvalue weighted by molar-refractivity contribution is 0.0937. The van der Waals surface area contributed by atoms with E-state index in [-0.39, 0.29) is 11.4 Å². The fourth-order valence-corrected chi connectivity index (χ4v) is 2.37. The highest BCUT2D eigenvalue weighted by atomic mass is 16.5. The van der Waals surface area contributed by atoms with Gasteiger partial charge in [0, 0.05) is 5.56 Å². The molecule has 0 radical (unpaired) electrons. The molecule has 0 spiro atoms. The van der Waals surface area contributed by atoms with E-state index in [4.69, 9.17) is 4.74 Å². The quantitative estimate of drug-likeness (QED) is 0.512. The Morgan fingerprint density at radius 1 is 1.15 bits per heavy atom. The number of phenolic OH excluding ortho intramolecular Hbond substituents is 1. The number of hydrazine groups is 1. The second-order valence-electron chi connectivity index (χ2n) is 5.47. The average molecular weight is 350 g/mol. The number of nitrogens with zero attached hydrogens (tertiary/aromatic N) is 1. The molecule has 0 aliphatic heterocycles. The monoisotopic (exact) mass is 350 g/mol. The summed E-state index contributed by atoms with van der Waals surface area (Å²) in [5.41, 5.74) is 8.19. The lowest BCUT2D eigenvalue weighted by atomic mass is 10.1.